The Hall–Kier alpha value is -2.49. The number of rotatable bonds is 3. The van der Waals surface area contributed by atoms with E-state index in [1.807, 2.05) is 39.0 Å². The summed E-state index contributed by atoms with van der Waals surface area (Å²) in [5, 5.41) is 4.29. The predicted octanol–water partition coefficient (Wildman–Crippen LogP) is 3.74. The number of aromatic nitrogens is 3. The van der Waals surface area contributed by atoms with Gasteiger partial charge in [0.1, 0.15) is 0 Å². The highest BCUT2D eigenvalue weighted by molar-refractivity contribution is 5.84. The van der Waals surface area contributed by atoms with Crippen LogP contribution in [0.25, 0.3) is 22.2 Å². The van der Waals surface area contributed by atoms with Gasteiger partial charge in [0.05, 0.1) is 11.2 Å². The Kier molecular flexibility index (Phi) is 3.52. The normalized spacial score (nSPS) is 10.8. The summed E-state index contributed by atoms with van der Waals surface area (Å²) in [6, 6.07) is 12.4. The first-order valence-corrected chi connectivity index (χ1v) is 7.13. The van der Waals surface area contributed by atoms with E-state index in [0.717, 1.165) is 40.1 Å². The van der Waals surface area contributed by atoms with Crippen LogP contribution in [0.5, 0.6) is 0 Å². The molecule has 3 aromatic rings. The fourth-order valence-electron chi connectivity index (χ4n) is 2.34. The quantitative estimate of drug-likeness (QED) is 0.793. The van der Waals surface area contributed by atoms with Gasteiger partial charge in [-0.3, -0.25) is 4.98 Å². The van der Waals surface area contributed by atoms with E-state index in [0.29, 0.717) is 5.95 Å². The maximum absolute atomic E-state index is 4.58. The Morgan fingerprint density at radius 2 is 1.76 bits per heavy atom. The van der Waals surface area contributed by atoms with Crippen LogP contribution in [0.1, 0.15) is 18.3 Å². The molecule has 0 amide bonds. The van der Waals surface area contributed by atoms with E-state index in [1.54, 1.807) is 0 Å². The van der Waals surface area contributed by atoms with Gasteiger partial charge in [0, 0.05) is 28.9 Å². The summed E-state index contributed by atoms with van der Waals surface area (Å²) < 4.78 is 0. The summed E-state index contributed by atoms with van der Waals surface area (Å²) in [6.45, 7) is 6.83. The maximum atomic E-state index is 4.58. The van der Waals surface area contributed by atoms with Crippen LogP contribution in [-0.2, 0) is 0 Å². The average molecular weight is 278 g/mol. The highest BCUT2D eigenvalue weighted by Crippen LogP contribution is 2.23. The minimum absolute atomic E-state index is 0.676. The number of nitrogens with zero attached hydrogens (tertiary/aromatic N) is 3. The molecule has 0 saturated heterocycles. The minimum Gasteiger partial charge on any atom is -0.354 e. The van der Waals surface area contributed by atoms with E-state index < -0.39 is 0 Å². The van der Waals surface area contributed by atoms with Gasteiger partial charge < -0.3 is 5.32 Å². The molecule has 2 aromatic heterocycles. The summed E-state index contributed by atoms with van der Waals surface area (Å²) in [4.78, 5) is 13.5. The van der Waals surface area contributed by atoms with Crippen molar-refractivity contribution in [2.24, 2.45) is 0 Å². The molecule has 0 aliphatic heterocycles. The van der Waals surface area contributed by atoms with Crippen LogP contribution >= 0.6 is 0 Å². The Bertz CT molecular complexity index is 796. The van der Waals surface area contributed by atoms with Crippen molar-refractivity contribution < 1.29 is 0 Å². The van der Waals surface area contributed by atoms with Gasteiger partial charge in [0.2, 0.25) is 5.95 Å². The first kappa shape index (κ1) is 13.5. The highest BCUT2D eigenvalue weighted by atomic mass is 15.1. The van der Waals surface area contributed by atoms with E-state index in [2.05, 4.69) is 38.5 Å². The van der Waals surface area contributed by atoms with E-state index >= 15 is 0 Å². The number of fused-ring (bicyclic) bond motifs is 1. The molecular formula is C17H18N4. The maximum Gasteiger partial charge on any atom is 0.223 e. The van der Waals surface area contributed by atoms with Crippen LogP contribution in [0.2, 0.25) is 0 Å². The third-order valence-corrected chi connectivity index (χ3v) is 3.31. The number of benzene rings is 1. The molecule has 0 aliphatic carbocycles. The molecule has 0 radical (unpaired) electrons. The van der Waals surface area contributed by atoms with Crippen LogP contribution in [-0.4, -0.2) is 21.5 Å². The van der Waals surface area contributed by atoms with Crippen molar-refractivity contribution in [3.8, 4) is 11.3 Å². The molecule has 0 atom stereocenters. The van der Waals surface area contributed by atoms with Crippen LogP contribution in [0.15, 0.2) is 36.4 Å². The standard InChI is InChI=1S/C17H18N4/c1-4-18-17-20-12(3)9-16(21-17)14-7-8-15-13(10-14)6-5-11(2)19-15/h5-10H,4H2,1-3H3,(H,18,20,21). The zero-order valence-electron chi connectivity index (χ0n) is 12.5. The first-order valence-electron chi connectivity index (χ1n) is 7.13. The predicted molar refractivity (Wildman–Crippen MR) is 86.4 cm³/mol. The zero-order chi connectivity index (χ0) is 14.8. The first-order chi connectivity index (χ1) is 10.2. The molecule has 4 nitrogen and oxygen atoms in total. The number of pyridine rings is 1. The summed E-state index contributed by atoms with van der Waals surface area (Å²) >= 11 is 0. The van der Waals surface area contributed by atoms with Crippen molar-refractivity contribution >= 4 is 16.9 Å². The molecule has 0 aliphatic rings. The minimum atomic E-state index is 0.676. The third-order valence-electron chi connectivity index (χ3n) is 3.31. The summed E-state index contributed by atoms with van der Waals surface area (Å²) in [5.41, 5.74) is 5.01. The molecular weight excluding hydrogens is 260 g/mol. The van der Waals surface area contributed by atoms with Crippen molar-refractivity contribution in [1.29, 1.82) is 0 Å². The molecule has 0 spiro atoms. The van der Waals surface area contributed by atoms with Crippen molar-refractivity contribution in [2.75, 3.05) is 11.9 Å². The van der Waals surface area contributed by atoms with Gasteiger partial charge in [-0.2, -0.15) is 0 Å². The number of anilines is 1. The Morgan fingerprint density at radius 1 is 0.905 bits per heavy atom. The van der Waals surface area contributed by atoms with Crippen LogP contribution < -0.4 is 5.32 Å². The fourth-order valence-corrected chi connectivity index (χ4v) is 2.34. The number of aryl methyl sites for hydroxylation is 2. The molecule has 1 aromatic carbocycles. The zero-order valence-corrected chi connectivity index (χ0v) is 12.5. The second kappa shape index (κ2) is 5.48. The SMILES string of the molecule is CCNc1nc(C)cc(-c2ccc3nc(C)ccc3c2)n1. The molecule has 106 valence electrons. The lowest BCUT2D eigenvalue weighted by Crippen LogP contribution is -2.03. The molecule has 0 fully saturated rings. The van der Waals surface area contributed by atoms with E-state index in [1.165, 1.54) is 0 Å². The third kappa shape index (κ3) is 2.84. The molecule has 0 unspecified atom stereocenters. The van der Waals surface area contributed by atoms with Gasteiger partial charge in [0.15, 0.2) is 0 Å². The second-order valence-electron chi connectivity index (χ2n) is 5.11. The average Bonchev–Trinajstić information content (AvgIpc) is 2.46. The second-order valence-corrected chi connectivity index (χ2v) is 5.11. The van der Waals surface area contributed by atoms with Gasteiger partial charge in [-0.05, 0) is 45.0 Å². The van der Waals surface area contributed by atoms with Crippen molar-refractivity contribution in [2.45, 2.75) is 20.8 Å². The number of nitrogens with one attached hydrogen (secondary N) is 1. The van der Waals surface area contributed by atoms with Gasteiger partial charge in [0.25, 0.3) is 0 Å². The summed E-state index contributed by atoms with van der Waals surface area (Å²) in [7, 11) is 0. The molecule has 0 bridgehead atoms. The van der Waals surface area contributed by atoms with Gasteiger partial charge in [-0.1, -0.05) is 12.1 Å². The Labute approximate surface area is 124 Å². The topological polar surface area (TPSA) is 50.7 Å². The number of hydrogen-bond donors (Lipinski definition) is 1. The monoisotopic (exact) mass is 278 g/mol. The van der Waals surface area contributed by atoms with E-state index in [-0.39, 0.29) is 0 Å². The summed E-state index contributed by atoms with van der Waals surface area (Å²) in [5.74, 6) is 0.676. The Balaban J connectivity index is 2.09. The van der Waals surface area contributed by atoms with Crippen molar-refractivity contribution in [3.63, 3.8) is 0 Å². The van der Waals surface area contributed by atoms with Crippen LogP contribution in [0.4, 0.5) is 5.95 Å². The smallest absolute Gasteiger partial charge is 0.223 e. The van der Waals surface area contributed by atoms with Gasteiger partial charge in [-0.25, -0.2) is 9.97 Å². The van der Waals surface area contributed by atoms with Crippen LogP contribution in [0.3, 0.4) is 0 Å². The fraction of sp³-hybridized carbons (Fsp3) is 0.235. The molecule has 3 rings (SSSR count). The molecule has 1 N–H and O–H groups in total. The van der Waals surface area contributed by atoms with E-state index in [9.17, 15) is 0 Å². The molecule has 0 saturated carbocycles. The van der Waals surface area contributed by atoms with Crippen LogP contribution in [0, 0.1) is 13.8 Å². The highest BCUT2D eigenvalue weighted by Gasteiger charge is 2.06. The molecule has 2 heterocycles. The molecule has 21 heavy (non-hydrogen) atoms. The lowest BCUT2D eigenvalue weighted by molar-refractivity contribution is 1.06. The molecule has 4 heteroatoms. The van der Waals surface area contributed by atoms with Gasteiger partial charge >= 0.3 is 0 Å². The largest absolute Gasteiger partial charge is 0.354 e. The lowest BCUT2D eigenvalue weighted by Gasteiger charge is -2.08. The lowest BCUT2D eigenvalue weighted by atomic mass is 10.1. The summed E-state index contributed by atoms with van der Waals surface area (Å²) in [6.07, 6.45) is 0. The van der Waals surface area contributed by atoms with Gasteiger partial charge in [-0.15, -0.1) is 0 Å². The Morgan fingerprint density at radius 3 is 2.57 bits per heavy atom. The van der Waals surface area contributed by atoms with Crippen molar-refractivity contribution in [3.05, 3.63) is 47.8 Å². The number of hydrogen-bond acceptors (Lipinski definition) is 4. The van der Waals surface area contributed by atoms with E-state index in [4.69, 9.17) is 0 Å². The van der Waals surface area contributed by atoms with Crippen molar-refractivity contribution in [1.82, 2.24) is 15.0 Å².